The highest BCUT2D eigenvalue weighted by Crippen LogP contribution is 2.19. The molecule has 0 fully saturated rings. The van der Waals surface area contributed by atoms with Crippen molar-refractivity contribution in [2.24, 2.45) is 0 Å². The number of carbonyl (C=O) groups is 1. The molecule has 0 unspecified atom stereocenters. The minimum absolute atomic E-state index is 0.300. The molecule has 5 nitrogen and oxygen atoms in total. The van der Waals surface area contributed by atoms with Gasteiger partial charge in [-0.1, -0.05) is 11.6 Å². The van der Waals surface area contributed by atoms with E-state index in [9.17, 15) is 4.79 Å². The number of halogens is 1. The van der Waals surface area contributed by atoms with Crippen molar-refractivity contribution in [2.75, 3.05) is 11.1 Å². The number of amides is 1. The van der Waals surface area contributed by atoms with E-state index in [0.29, 0.717) is 22.0 Å². The number of carbonyl (C=O) groups excluding carboxylic acids is 1. The molecule has 1 aromatic carbocycles. The molecule has 2 rings (SSSR count). The van der Waals surface area contributed by atoms with E-state index in [0.717, 1.165) is 6.54 Å². The Morgan fingerprint density at radius 1 is 1.56 bits per heavy atom. The van der Waals surface area contributed by atoms with Gasteiger partial charge in [0, 0.05) is 23.5 Å². The van der Waals surface area contributed by atoms with Gasteiger partial charge in [0.15, 0.2) is 0 Å². The maximum absolute atomic E-state index is 12.0. The topological polar surface area (TPSA) is 72.9 Å². The highest BCUT2D eigenvalue weighted by atomic mass is 35.5. The molecular formula is C12H13ClN4O. The van der Waals surface area contributed by atoms with E-state index in [4.69, 9.17) is 17.3 Å². The highest BCUT2D eigenvalue weighted by molar-refractivity contribution is 6.31. The largest absolute Gasteiger partial charge is 0.398 e. The van der Waals surface area contributed by atoms with Crippen LogP contribution in [0, 0.1) is 0 Å². The minimum Gasteiger partial charge on any atom is -0.398 e. The molecule has 6 heteroatoms. The zero-order valence-corrected chi connectivity index (χ0v) is 10.6. The van der Waals surface area contributed by atoms with E-state index in [1.54, 1.807) is 29.2 Å². The van der Waals surface area contributed by atoms with Crippen LogP contribution in [0.2, 0.25) is 5.02 Å². The molecule has 1 aromatic heterocycles. The normalized spacial score (nSPS) is 10.3. The summed E-state index contributed by atoms with van der Waals surface area (Å²) in [6.07, 6.45) is 3.33. The maximum Gasteiger partial charge on any atom is 0.257 e. The molecule has 0 aliphatic carbocycles. The third-order valence-corrected chi connectivity index (χ3v) is 2.71. The summed E-state index contributed by atoms with van der Waals surface area (Å²) in [7, 11) is 0. The number of hydrogen-bond acceptors (Lipinski definition) is 3. The van der Waals surface area contributed by atoms with Gasteiger partial charge in [0.05, 0.1) is 17.4 Å². The van der Waals surface area contributed by atoms with Crippen LogP contribution in [0.5, 0.6) is 0 Å². The first kappa shape index (κ1) is 12.4. The van der Waals surface area contributed by atoms with Crippen molar-refractivity contribution in [3.63, 3.8) is 0 Å². The lowest BCUT2D eigenvalue weighted by atomic mass is 10.1. The smallest absolute Gasteiger partial charge is 0.257 e. The van der Waals surface area contributed by atoms with Gasteiger partial charge in [-0.2, -0.15) is 5.10 Å². The monoisotopic (exact) mass is 264 g/mol. The van der Waals surface area contributed by atoms with Gasteiger partial charge in [-0.3, -0.25) is 9.48 Å². The molecule has 0 saturated carbocycles. The molecular weight excluding hydrogens is 252 g/mol. The SMILES string of the molecule is CCn1cc(NC(=O)c2cc(Cl)ccc2N)cn1. The number of benzene rings is 1. The first-order valence-corrected chi connectivity index (χ1v) is 5.86. The van der Waals surface area contributed by atoms with Crippen LogP contribution in [-0.4, -0.2) is 15.7 Å². The van der Waals surface area contributed by atoms with Crippen LogP contribution in [0.25, 0.3) is 0 Å². The maximum atomic E-state index is 12.0. The number of anilines is 2. The van der Waals surface area contributed by atoms with Crippen molar-refractivity contribution in [2.45, 2.75) is 13.5 Å². The third kappa shape index (κ3) is 2.62. The van der Waals surface area contributed by atoms with Crippen molar-refractivity contribution in [1.29, 1.82) is 0 Å². The molecule has 0 spiro atoms. The summed E-state index contributed by atoms with van der Waals surface area (Å²) in [6.45, 7) is 2.71. The van der Waals surface area contributed by atoms with Gasteiger partial charge in [0.1, 0.15) is 0 Å². The zero-order chi connectivity index (χ0) is 13.1. The molecule has 1 heterocycles. The van der Waals surface area contributed by atoms with E-state index >= 15 is 0 Å². The molecule has 0 bridgehead atoms. The van der Waals surface area contributed by atoms with E-state index in [2.05, 4.69) is 10.4 Å². The van der Waals surface area contributed by atoms with Gasteiger partial charge in [0.25, 0.3) is 5.91 Å². The van der Waals surface area contributed by atoms with Crippen molar-refractivity contribution >= 4 is 28.9 Å². The fraction of sp³-hybridized carbons (Fsp3) is 0.167. The van der Waals surface area contributed by atoms with Gasteiger partial charge in [-0.25, -0.2) is 0 Å². The van der Waals surface area contributed by atoms with Crippen molar-refractivity contribution < 1.29 is 4.79 Å². The van der Waals surface area contributed by atoms with Crippen LogP contribution in [0.3, 0.4) is 0 Å². The van der Waals surface area contributed by atoms with Crippen LogP contribution < -0.4 is 11.1 Å². The lowest BCUT2D eigenvalue weighted by Crippen LogP contribution is -2.13. The highest BCUT2D eigenvalue weighted by Gasteiger charge is 2.11. The Bertz CT molecular complexity index is 579. The molecule has 0 atom stereocenters. The van der Waals surface area contributed by atoms with Gasteiger partial charge >= 0.3 is 0 Å². The Balaban J connectivity index is 2.19. The van der Waals surface area contributed by atoms with Crippen molar-refractivity contribution in [3.05, 3.63) is 41.2 Å². The average Bonchev–Trinajstić information content (AvgIpc) is 2.80. The summed E-state index contributed by atoms with van der Waals surface area (Å²) in [5.74, 6) is -0.300. The summed E-state index contributed by atoms with van der Waals surface area (Å²) < 4.78 is 1.72. The van der Waals surface area contributed by atoms with Gasteiger partial charge in [0.2, 0.25) is 0 Å². The first-order valence-electron chi connectivity index (χ1n) is 5.49. The fourth-order valence-electron chi connectivity index (χ4n) is 1.52. The number of nitrogens with two attached hydrogens (primary N) is 1. The van der Waals surface area contributed by atoms with Gasteiger partial charge in [-0.15, -0.1) is 0 Å². The second kappa shape index (κ2) is 5.10. The Kier molecular flexibility index (Phi) is 3.53. The van der Waals surface area contributed by atoms with E-state index < -0.39 is 0 Å². The lowest BCUT2D eigenvalue weighted by Gasteiger charge is -2.06. The Labute approximate surface area is 110 Å². The number of rotatable bonds is 3. The predicted octanol–water partition coefficient (Wildman–Crippen LogP) is 2.39. The van der Waals surface area contributed by atoms with E-state index in [1.165, 1.54) is 6.07 Å². The molecule has 1 amide bonds. The van der Waals surface area contributed by atoms with E-state index in [1.807, 2.05) is 6.92 Å². The van der Waals surface area contributed by atoms with Gasteiger partial charge in [-0.05, 0) is 25.1 Å². The third-order valence-electron chi connectivity index (χ3n) is 2.48. The number of aryl methyl sites for hydroxylation is 1. The van der Waals surface area contributed by atoms with E-state index in [-0.39, 0.29) is 5.91 Å². The minimum atomic E-state index is -0.300. The molecule has 0 saturated heterocycles. The van der Waals surface area contributed by atoms with Crippen LogP contribution in [0.1, 0.15) is 17.3 Å². The quantitative estimate of drug-likeness (QED) is 0.836. The number of nitrogen functional groups attached to an aromatic ring is 1. The van der Waals surface area contributed by atoms with Crippen LogP contribution in [0.4, 0.5) is 11.4 Å². The molecule has 94 valence electrons. The molecule has 0 aliphatic rings. The number of hydrogen-bond donors (Lipinski definition) is 2. The van der Waals surface area contributed by atoms with Gasteiger partial charge < -0.3 is 11.1 Å². The first-order chi connectivity index (χ1) is 8.60. The fourth-order valence-corrected chi connectivity index (χ4v) is 1.70. The lowest BCUT2D eigenvalue weighted by molar-refractivity contribution is 0.102. The van der Waals surface area contributed by atoms with Crippen molar-refractivity contribution in [1.82, 2.24) is 9.78 Å². The number of aromatic nitrogens is 2. The number of nitrogens with one attached hydrogen (secondary N) is 1. The standard InChI is InChI=1S/C12H13ClN4O/c1-2-17-7-9(6-15-17)16-12(18)10-5-8(13)3-4-11(10)14/h3-7H,2,14H2,1H3,(H,16,18). The Hall–Kier alpha value is -2.01. The average molecular weight is 265 g/mol. The second-order valence-corrected chi connectivity index (χ2v) is 4.21. The van der Waals surface area contributed by atoms with Crippen molar-refractivity contribution in [3.8, 4) is 0 Å². The van der Waals surface area contributed by atoms with Crippen LogP contribution in [0.15, 0.2) is 30.6 Å². The molecule has 2 aromatic rings. The summed E-state index contributed by atoms with van der Waals surface area (Å²) in [4.78, 5) is 12.0. The van der Waals surface area contributed by atoms with Crippen LogP contribution in [-0.2, 0) is 6.54 Å². The van der Waals surface area contributed by atoms with Crippen LogP contribution >= 0.6 is 11.6 Å². The Morgan fingerprint density at radius 2 is 2.33 bits per heavy atom. The summed E-state index contributed by atoms with van der Waals surface area (Å²) in [6, 6.07) is 4.78. The zero-order valence-electron chi connectivity index (χ0n) is 9.85. The summed E-state index contributed by atoms with van der Waals surface area (Å²) >= 11 is 5.84. The summed E-state index contributed by atoms with van der Waals surface area (Å²) in [5, 5.41) is 7.26. The number of nitrogens with zero attached hydrogens (tertiary/aromatic N) is 2. The summed E-state index contributed by atoms with van der Waals surface area (Å²) in [5.41, 5.74) is 7.10. The predicted molar refractivity (Wildman–Crippen MR) is 71.7 cm³/mol. The molecule has 18 heavy (non-hydrogen) atoms. The molecule has 3 N–H and O–H groups in total. The molecule has 0 radical (unpaired) electrons. The second-order valence-electron chi connectivity index (χ2n) is 3.77. The Morgan fingerprint density at radius 3 is 3.00 bits per heavy atom. The molecule has 0 aliphatic heterocycles.